The van der Waals surface area contributed by atoms with Gasteiger partial charge in [-0.3, -0.25) is 5.41 Å². The van der Waals surface area contributed by atoms with Gasteiger partial charge in [0.1, 0.15) is 11.7 Å². The second-order valence-corrected chi connectivity index (χ2v) is 5.56. The largest absolute Gasteiger partial charge is 0.384 e. The molecule has 2 aliphatic carbocycles. The van der Waals surface area contributed by atoms with Crippen molar-refractivity contribution in [2.45, 2.75) is 32.1 Å². The van der Waals surface area contributed by atoms with Gasteiger partial charge in [0.05, 0.1) is 5.56 Å². The highest BCUT2D eigenvalue weighted by Crippen LogP contribution is 2.32. The zero-order chi connectivity index (χ0) is 12.7. The lowest BCUT2D eigenvalue weighted by Crippen LogP contribution is -2.26. The zero-order valence-corrected chi connectivity index (χ0v) is 10.9. The number of rotatable bonds is 4. The van der Waals surface area contributed by atoms with Crippen molar-refractivity contribution >= 4 is 11.7 Å². The third kappa shape index (κ3) is 2.07. The molecule has 1 saturated carbocycles. The van der Waals surface area contributed by atoms with Gasteiger partial charge in [-0.2, -0.15) is 0 Å². The van der Waals surface area contributed by atoms with Crippen molar-refractivity contribution in [3.8, 4) is 0 Å². The molecule has 1 aromatic rings. The molecule has 0 aliphatic heterocycles. The minimum Gasteiger partial charge on any atom is -0.384 e. The van der Waals surface area contributed by atoms with Crippen LogP contribution in [-0.2, 0) is 12.8 Å². The molecular formula is C14H20N4. The maximum Gasteiger partial charge on any atom is 0.139 e. The molecule has 0 saturated heterocycles. The minimum atomic E-state index is 0.134. The molecule has 0 amide bonds. The Hall–Kier alpha value is -1.58. The van der Waals surface area contributed by atoms with Crippen LogP contribution >= 0.6 is 0 Å². The summed E-state index contributed by atoms with van der Waals surface area (Å²) >= 11 is 0. The van der Waals surface area contributed by atoms with Gasteiger partial charge in [0.15, 0.2) is 0 Å². The first-order valence-corrected chi connectivity index (χ1v) is 6.73. The van der Waals surface area contributed by atoms with Crippen molar-refractivity contribution in [2.24, 2.45) is 11.7 Å². The monoisotopic (exact) mass is 244 g/mol. The normalized spacial score (nSPS) is 17.6. The van der Waals surface area contributed by atoms with Crippen LogP contribution in [0.5, 0.6) is 0 Å². The number of hydrogen-bond donors (Lipinski definition) is 2. The first-order valence-electron chi connectivity index (χ1n) is 6.73. The van der Waals surface area contributed by atoms with Crippen molar-refractivity contribution in [2.75, 3.05) is 18.5 Å². The molecule has 1 heterocycles. The number of nitrogens with zero attached hydrogens (tertiary/aromatic N) is 2. The highest BCUT2D eigenvalue weighted by atomic mass is 15.2. The van der Waals surface area contributed by atoms with E-state index >= 15 is 0 Å². The number of hydrogen-bond acceptors (Lipinski definition) is 3. The van der Waals surface area contributed by atoms with Crippen LogP contribution in [0.3, 0.4) is 0 Å². The molecule has 3 N–H and O–H groups in total. The van der Waals surface area contributed by atoms with Crippen molar-refractivity contribution in [3.05, 3.63) is 22.9 Å². The van der Waals surface area contributed by atoms with E-state index in [1.54, 1.807) is 0 Å². The SMILES string of the molecule is CN(CC1CC1)c1nc2c(cc1C(=N)N)CCC2. The molecule has 4 heteroatoms. The number of fused-ring (bicyclic) bond motifs is 1. The molecule has 3 rings (SSSR count). The molecule has 0 atom stereocenters. The maximum atomic E-state index is 7.74. The predicted molar refractivity (Wildman–Crippen MR) is 73.3 cm³/mol. The van der Waals surface area contributed by atoms with Gasteiger partial charge >= 0.3 is 0 Å². The fourth-order valence-corrected chi connectivity index (χ4v) is 2.72. The second kappa shape index (κ2) is 4.26. The number of aromatic nitrogens is 1. The Morgan fingerprint density at radius 3 is 2.94 bits per heavy atom. The van der Waals surface area contributed by atoms with Gasteiger partial charge in [-0.1, -0.05) is 0 Å². The molecule has 18 heavy (non-hydrogen) atoms. The third-order valence-electron chi connectivity index (χ3n) is 3.91. The van der Waals surface area contributed by atoms with E-state index in [2.05, 4.69) is 18.0 Å². The lowest BCUT2D eigenvalue weighted by Gasteiger charge is -2.21. The summed E-state index contributed by atoms with van der Waals surface area (Å²) in [5.41, 5.74) is 9.00. The van der Waals surface area contributed by atoms with Gasteiger partial charge in [0.2, 0.25) is 0 Å². The van der Waals surface area contributed by atoms with Gasteiger partial charge in [0.25, 0.3) is 0 Å². The Morgan fingerprint density at radius 1 is 1.50 bits per heavy atom. The van der Waals surface area contributed by atoms with E-state index in [-0.39, 0.29) is 5.84 Å². The van der Waals surface area contributed by atoms with Crippen LogP contribution in [0, 0.1) is 11.3 Å². The van der Waals surface area contributed by atoms with Crippen LogP contribution in [0.4, 0.5) is 5.82 Å². The molecular weight excluding hydrogens is 224 g/mol. The molecule has 0 spiro atoms. The van der Waals surface area contributed by atoms with Crippen LogP contribution in [-0.4, -0.2) is 24.4 Å². The fraction of sp³-hybridized carbons (Fsp3) is 0.571. The Bertz CT molecular complexity index is 491. The summed E-state index contributed by atoms with van der Waals surface area (Å²) < 4.78 is 0. The quantitative estimate of drug-likeness (QED) is 0.626. The summed E-state index contributed by atoms with van der Waals surface area (Å²) in [5.74, 6) is 1.84. The van der Waals surface area contributed by atoms with Crippen molar-refractivity contribution in [1.82, 2.24) is 4.98 Å². The highest BCUT2D eigenvalue weighted by molar-refractivity contribution is 5.99. The first kappa shape index (κ1) is 11.5. The Balaban J connectivity index is 1.96. The highest BCUT2D eigenvalue weighted by Gasteiger charge is 2.26. The average Bonchev–Trinajstić information content (AvgIpc) is 3.03. The topological polar surface area (TPSA) is 66.0 Å². The molecule has 1 fully saturated rings. The smallest absolute Gasteiger partial charge is 0.139 e. The molecule has 2 aliphatic rings. The van der Waals surface area contributed by atoms with E-state index < -0.39 is 0 Å². The predicted octanol–water partition coefficient (Wildman–Crippen LogP) is 1.70. The average molecular weight is 244 g/mol. The van der Waals surface area contributed by atoms with Crippen molar-refractivity contribution in [1.29, 1.82) is 5.41 Å². The number of anilines is 1. The van der Waals surface area contributed by atoms with E-state index in [1.807, 2.05) is 0 Å². The standard InChI is InChI=1S/C14H20N4/c1-18(8-9-5-6-9)14-11(13(15)16)7-10-3-2-4-12(10)17-14/h7,9H,2-6,8H2,1H3,(H3,15,16). The molecule has 0 radical (unpaired) electrons. The van der Waals surface area contributed by atoms with Crippen molar-refractivity contribution < 1.29 is 0 Å². The first-order chi connectivity index (χ1) is 8.65. The van der Waals surface area contributed by atoms with Crippen LogP contribution < -0.4 is 10.6 Å². The number of nitrogens with one attached hydrogen (secondary N) is 1. The summed E-state index contributed by atoms with van der Waals surface area (Å²) in [7, 11) is 2.06. The summed E-state index contributed by atoms with van der Waals surface area (Å²) in [6.07, 6.45) is 5.97. The maximum absolute atomic E-state index is 7.74. The van der Waals surface area contributed by atoms with Crippen LogP contribution in [0.2, 0.25) is 0 Å². The number of pyridine rings is 1. The lowest BCUT2D eigenvalue weighted by atomic mass is 10.1. The summed E-state index contributed by atoms with van der Waals surface area (Å²) in [5, 5.41) is 7.74. The minimum absolute atomic E-state index is 0.134. The molecule has 0 unspecified atom stereocenters. The van der Waals surface area contributed by atoms with Crippen LogP contribution in [0.15, 0.2) is 6.07 Å². The summed E-state index contributed by atoms with van der Waals surface area (Å²) in [6.45, 7) is 1.03. The Kier molecular flexibility index (Phi) is 2.73. The van der Waals surface area contributed by atoms with Crippen molar-refractivity contribution in [3.63, 3.8) is 0 Å². The number of aryl methyl sites for hydroxylation is 2. The number of nitrogen functional groups attached to an aromatic ring is 1. The van der Waals surface area contributed by atoms with Crippen LogP contribution in [0.1, 0.15) is 36.1 Å². The zero-order valence-electron chi connectivity index (χ0n) is 10.9. The molecule has 0 aromatic carbocycles. The fourth-order valence-electron chi connectivity index (χ4n) is 2.72. The van der Waals surface area contributed by atoms with Gasteiger partial charge in [-0.15, -0.1) is 0 Å². The van der Waals surface area contributed by atoms with E-state index in [0.717, 1.165) is 36.7 Å². The van der Waals surface area contributed by atoms with E-state index in [9.17, 15) is 0 Å². The van der Waals surface area contributed by atoms with Gasteiger partial charge < -0.3 is 10.6 Å². The van der Waals surface area contributed by atoms with E-state index in [1.165, 1.54) is 30.5 Å². The molecule has 0 bridgehead atoms. The third-order valence-corrected chi connectivity index (χ3v) is 3.91. The molecule has 4 nitrogen and oxygen atoms in total. The summed E-state index contributed by atoms with van der Waals surface area (Å²) in [6, 6.07) is 2.08. The van der Waals surface area contributed by atoms with Crippen LogP contribution in [0.25, 0.3) is 0 Å². The second-order valence-electron chi connectivity index (χ2n) is 5.56. The van der Waals surface area contributed by atoms with Gasteiger partial charge in [0, 0.05) is 19.3 Å². The number of nitrogens with two attached hydrogens (primary N) is 1. The van der Waals surface area contributed by atoms with Gasteiger partial charge in [-0.05, 0) is 49.7 Å². The Labute approximate surface area is 108 Å². The summed E-state index contributed by atoms with van der Waals surface area (Å²) in [4.78, 5) is 6.93. The molecule has 1 aromatic heterocycles. The lowest BCUT2D eigenvalue weighted by molar-refractivity contribution is 0.773. The number of amidine groups is 1. The van der Waals surface area contributed by atoms with E-state index in [0.29, 0.717) is 0 Å². The molecule has 96 valence electrons. The van der Waals surface area contributed by atoms with Gasteiger partial charge in [-0.25, -0.2) is 4.98 Å². The Morgan fingerprint density at radius 2 is 2.28 bits per heavy atom. The van der Waals surface area contributed by atoms with E-state index in [4.69, 9.17) is 16.1 Å².